The van der Waals surface area contributed by atoms with Crippen LogP contribution in [-0.2, 0) is 6.42 Å². The normalized spacial score (nSPS) is 10.3. The van der Waals surface area contributed by atoms with Crippen LogP contribution < -0.4 is 5.32 Å². The van der Waals surface area contributed by atoms with E-state index in [1.165, 1.54) is 0 Å². The van der Waals surface area contributed by atoms with E-state index in [1.54, 1.807) is 0 Å². The van der Waals surface area contributed by atoms with Gasteiger partial charge in [-0.05, 0) is 17.7 Å². The lowest BCUT2D eigenvalue weighted by molar-refractivity contribution is 1.05. The van der Waals surface area contributed by atoms with Crippen molar-refractivity contribution < 1.29 is 0 Å². The van der Waals surface area contributed by atoms with Crippen LogP contribution in [0.3, 0.4) is 0 Å². The summed E-state index contributed by atoms with van der Waals surface area (Å²) in [4.78, 5) is 0. The van der Waals surface area contributed by atoms with Gasteiger partial charge in [0.05, 0.1) is 12.5 Å². The Balaban J connectivity index is 1.95. The van der Waals surface area contributed by atoms with Crippen molar-refractivity contribution in [3.05, 3.63) is 59.2 Å². The lowest BCUT2D eigenvalue weighted by Crippen LogP contribution is -1.97. The molecule has 102 valence electrons. The Morgan fingerprint density at radius 3 is 2.43 bits per heavy atom. The molecule has 0 saturated heterocycles. The number of hydrogen-bond donors (Lipinski definition) is 1. The van der Waals surface area contributed by atoms with E-state index >= 15 is 0 Å². The molecule has 1 aromatic heterocycles. The van der Waals surface area contributed by atoms with Gasteiger partial charge in [0, 0.05) is 16.5 Å². The number of fused-ring (bicyclic) bond motifs is 1. The smallest absolute Gasteiger partial charge is 0.161 e. The van der Waals surface area contributed by atoms with E-state index in [2.05, 4.69) is 21.6 Å². The average Bonchev–Trinajstić information content (AvgIpc) is 2.52. The number of nitrogens with zero attached hydrogens (tertiary/aromatic N) is 3. The van der Waals surface area contributed by atoms with Crippen molar-refractivity contribution in [3.8, 4) is 6.07 Å². The summed E-state index contributed by atoms with van der Waals surface area (Å²) in [5.41, 5.74) is 1.87. The van der Waals surface area contributed by atoms with Crippen molar-refractivity contribution in [2.75, 3.05) is 5.32 Å². The van der Waals surface area contributed by atoms with Crippen LogP contribution in [0.5, 0.6) is 0 Å². The second kappa shape index (κ2) is 5.78. The molecule has 0 amide bonds. The zero-order valence-corrected chi connectivity index (χ0v) is 11.8. The zero-order valence-electron chi connectivity index (χ0n) is 11.0. The fourth-order valence-electron chi connectivity index (χ4n) is 2.10. The number of halogens is 1. The maximum Gasteiger partial charge on any atom is 0.161 e. The van der Waals surface area contributed by atoms with Gasteiger partial charge in [-0.3, -0.25) is 0 Å². The molecule has 0 unspecified atom stereocenters. The van der Waals surface area contributed by atoms with E-state index in [0.29, 0.717) is 17.4 Å². The van der Waals surface area contributed by atoms with E-state index in [9.17, 15) is 0 Å². The van der Waals surface area contributed by atoms with Gasteiger partial charge in [-0.2, -0.15) is 5.26 Å². The van der Waals surface area contributed by atoms with Crippen LogP contribution in [0.4, 0.5) is 11.5 Å². The lowest BCUT2D eigenvalue weighted by atomic mass is 10.1. The van der Waals surface area contributed by atoms with Crippen molar-refractivity contribution in [3.63, 3.8) is 0 Å². The largest absolute Gasteiger partial charge is 0.338 e. The van der Waals surface area contributed by atoms with Crippen LogP contribution in [-0.4, -0.2) is 10.2 Å². The summed E-state index contributed by atoms with van der Waals surface area (Å²) in [5, 5.41) is 22.1. The Morgan fingerprint density at radius 2 is 1.71 bits per heavy atom. The van der Waals surface area contributed by atoms with Gasteiger partial charge in [0.15, 0.2) is 11.0 Å². The summed E-state index contributed by atoms with van der Waals surface area (Å²) in [7, 11) is 0. The highest BCUT2D eigenvalue weighted by molar-refractivity contribution is 6.34. The highest BCUT2D eigenvalue weighted by atomic mass is 35.5. The molecule has 0 bridgehead atoms. The van der Waals surface area contributed by atoms with Gasteiger partial charge in [-0.15, -0.1) is 10.2 Å². The quantitative estimate of drug-likeness (QED) is 0.790. The highest BCUT2D eigenvalue weighted by Gasteiger charge is 2.07. The molecule has 0 atom stereocenters. The van der Waals surface area contributed by atoms with Gasteiger partial charge in [0.2, 0.25) is 0 Å². The third-order valence-corrected chi connectivity index (χ3v) is 3.42. The topological polar surface area (TPSA) is 61.6 Å². The number of hydrogen-bond acceptors (Lipinski definition) is 4. The molecular formula is C16H11ClN4. The van der Waals surface area contributed by atoms with Crippen molar-refractivity contribution in [1.29, 1.82) is 5.26 Å². The molecule has 21 heavy (non-hydrogen) atoms. The molecule has 1 heterocycles. The first-order chi connectivity index (χ1) is 10.3. The molecule has 0 aliphatic carbocycles. The van der Waals surface area contributed by atoms with Crippen LogP contribution >= 0.6 is 11.6 Å². The molecule has 3 aromatic rings. The minimum atomic E-state index is 0.389. The van der Waals surface area contributed by atoms with Crippen LogP contribution in [0.2, 0.25) is 5.15 Å². The van der Waals surface area contributed by atoms with Gasteiger partial charge < -0.3 is 5.32 Å². The maximum absolute atomic E-state index is 8.67. The van der Waals surface area contributed by atoms with Crippen molar-refractivity contribution in [2.24, 2.45) is 0 Å². The SMILES string of the molecule is N#CCc1ccc(Nc2nnc(Cl)c3ccccc23)cc1. The molecule has 0 spiro atoms. The average molecular weight is 295 g/mol. The predicted molar refractivity (Wildman–Crippen MR) is 83.6 cm³/mol. The van der Waals surface area contributed by atoms with Crippen LogP contribution in [0, 0.1) is 11.3 Å². The van der Waals surface area contributed by atoms with Crippen LogP contribution in [0.15, 0.2) is 48.5 Å². The maximum atomic E-state index is 8.67. The van der Waals surface area contributed by atoms with Gasteiger partial charge in [-0.25, -0.2) is 0 Å². The third kappa shape index (κ3) is 2.78. The van der Waals surface area contributed by atoms with Gasteiger partial charge in [-0.1, -0.05) is 48.0 Å². The lowest BCUT2D eigenvalue weighted by Gasteiger charge is -2.09. The minimum Gasteiger partial charge on any atom is -0.338 e. The zero-order chi connectivity index (χ0) is 14.7. The first kappa shape index (κ1) is 13.3. The van der Waals surface area contributed by atoms with Crippen molar-refractivity contribution >= 4 is 33.9 Å². The second-order valence-corrected chi connectivity index (χ2v) is 4.90. The van der Waals surface area contributed by atoms with Crippen LogP contribution in [0.1, 0.15) is 5.56 Å². The van der Waals surface area contributed by atoms with Crippen molar-refractivity contribution in [2.45, 2.75) is 6.42 Å². The highest BCUT2D eigenvalue weighted by Crippen LogP contribution is 2.27. The molecule has 3 rings (SSSR count). The number of anilines is 2. The first-order valence-corrected chi connectivity index (χ1v) is 6.79. The van der Waals surface area contributed by atoms with E-state index in [0.717, 1.165) is 22.0 Å². The monoisotopic (exact) mass is 294 g/mol. The Bertz CT molecular complexity index is 822. The molecule has 0 aliphatic rings. The van der Waals surface area contributed by atoms with Gasteiger partial charge in [0.1, 0.15) is 0 Å². The summed E-state index contributed by atoms with van der Waals surface area (Å²) in [6, 6.07) is 17.5. The molecule has 2 aromatic carbocycles. The van der Waals surface area contributed by atoms with Crippen LogP contribution in [0.25, 0.3) is 10.8 Å². The van der Waals surface area contributed by atoms with E-state index in [-0.39, 0.29) is 0 Å². The van der Waals surface area contributed by atoms with Crippen molar-refractivity contribution in [1.82, 2.24) is 10.2 Å². The molecule has 5 heteroatoms. The standard InChI is InChI=1S/C16H11ClN4/c17-15-13-3-1-2-4-14(13)16(21-20-15)19-12-7-5-11(6-8-12)9-10-18/h1-8H,9H2,(H,19,21). The first-order valence-electron chi connectivity index (χ1n) is 6.42. The van der Waals surface area contributed by atoms with Gasteiger partial charge in [0.25, 0.3) is 0 Å². The van der Waals surface area contributed by atoms with E-state index in [4.69, 9.17) is 16.9 Å². The minimum absolute atomic E-state index is 0.389. The number of nitriles is 1. The molecule has 0 fully saturated rings. The van der Waals surface area contributed by atoms with Gasteiger partial charge >= 0.3 is 0 Å². The Labute approximate surface area is 127 Å². The number of nitrogens with one attached hydrogen (secondary N) is 1. The molecule has 0 radical (unpaired) electrons. The third-order valence-electron chi connectivity index (χ3n) is 3.14. The van der Waals surface area contributed by atoms with E-state index < -0.39 is 0 Å². The summed E-state index contributed by atoms with van der Waals surface area (Å²) in [5.74, 6) is 0.656. The van der Waals surface area contributed by atoms with E-state index in [1.807, 2.05) is 48.5 Å². The Morgan fingerprint density at radius 1 is 1.00 bits per heavy atom. The Kier molecular flexibility index (Phi) is 3.67. The summed E-state index contributed by atoms with van der Waals surface area (Å²) in [6.45, 7) is 0. The number of benzene rings is 2. The summed E-state index contributed by atoms with van der Waals surface area (Å²) >= 11 is 6.06. The predicted octanol–water partition coefficient (Wildman–Crippen LogP) is 4.09. The fraction of sp³-hybridized carbons (Fsp3) is 0.0625. The Hall–Kier alpha value is -2.64. The molecule has 0 aliphatic heterocycles. The summed E-state index contributed by atoms with van der Waals surface area (Å²) in [6.07, 6.45) is 0.407. The molecule has 4 nitrogen and oxygen atoms in total. The number of aromatic nitrogens is 2. The second-order valence-electron chi connectivity index (χ2n) is 4.54. The molecular weight excluding hydrogens is 284 g/mol. The number of rotatable bonds is 3. The fourth-order valence-corrected chi connectivity index (χ4v) is 2.30. The molecule has 1 N–H and O–H groups in total. The molecule has 0 saturated carbocycles. The summed E-state index contributed by atoms with van der Waals surface area (Å²) < 4.78 is 0.